The summed E-state index contributed by atoms with van der Waals surface area (Å²) < 4.78 is 0.751. The van der Waals surface area contributed by atoms with Crippen LogP contribution >= 0.6 is 22.9 Å². The number of hydrogen-bond donors (Lipinski definition) is 0. The van der Waals surface area contributed by atoms with Gasteiger partial charge in [0.05, 0.1) is 16.8 Å². The summed E-state index contributed by atoms with van der Waals surface area (Å²) in [5.74, 6) is -0.179. The third kappa shape index (κ3) is 4.30. The molecule has 0 atom stereocenters. The lowest BCUT2D eigenvalue weighted by atomic mass is 9.90. The molecule has 25 heavy (non-hydrogen) atoms. The second-order valence-electron chi connectivity index (χ2n) is 5.81. The number of amides is 1. The fourth-order valence-corrected chi connectivity index (χ4v) is 4.02. The number of thiophene rings is 1. The topological polar surface area (TPSA) is 20.3 Å². The van der Waals surface area contributed by atoms with Crippen molar-refractivity contribution in [3.63, 3.8) is 0 Å². The first-order valence-electron chi connectivity index (χ1n) is 8.32. The van der Waals surface area contributed by atoms with Gasteiger partial charge in [-0.1, -0.05) is 72.3 Å². The van der Waals surface area contributed by atoms with Gasteiger partial charge in [0.1, 0.15) is 0 Å². The Morgan fingerprint density at radius 1 is 0.960 bits per heavy atom. The molecule has 0 aliphatic carbocycles. The van der Waals surface area contributed by atoms with Gasteiger partial charge in [0.25, 0.3) is 0 Å². The molecular formula is C21H20ClNOS. The Morgan fingerprint density at radius 3 is 1.96 bits per heavy atom. The van der Waals surface area contributed by atoms with Crippen molar-refractivity contribution in [3.05, 3.63) is 93.1 Å². The predicted octanol–water partition coefficient (Wildman–Crippen LogP) is 5.58. The maximum absolute atomic E-state index is 13.4. The Balaban J connectivity index is 1.92. The first kappa shape index (κ1) is 17.7. The SMILES string of the molecule is CCN(Cc1ccc(Cl)s1)C(=O)C(c1ccccc1)c1ccccc1. The van der Waals surface area contributed by atoms with Gasteiger partial charge in [-0.15, -0.1) is 11.3 Å². The van der Waals surface area contributed by atoms with Gasteiger partial charge < -0.3 is 4.90 Å². The van der Waals surface area contributed by atoms with E-state index in [9.17, 15) is 4.79 Å². The smallest absolute Gasteiger partial charge is 0.234 e. The molecular weight excluding hydrogens is 350 g/mol. The molecule has 1 heterocycles. The van der Waals surface area contributed by atoms with Gasteiger partial charge in [-0.05, 0) is 30.2 Å². The molecule has 0 radical (unpaired) electrons. The number of carbonyl (C=O) groups is 1. The molecule has 0 bridgehead atoms. The molecule has 2 nitrogen and oxygen atoms in total. The van der Waals surface area contributed by atoms with Gasteiger partial charge >= 0.3 is 0 Å². The Morgan fingerprint density at radius 2 is 1.52 bits per heavy atom. The number of nitrogens with zero attached hydrogens (tertiary/aromatic N) is 1. The predicted molar refractivity (Wildman–Crippen MR) is 105 cm³/mol. The monoisotopic (exact) mass is 369 g/mol. The molecule has 4 heteroatoms. The maximum atomic E-state index is 13.4. The van der Waals surface area contributed by atoms with E-state index in [1.807, 2.05) is 84.6 Å². The van der Waals surface area contributed by atoms with Crippen LogP contribution in [-0.4, -0.2) is 17.4 Å². The van der Waals surface area contributed by atoms with E-state index in [2.05, 4.69) is 0 Å². The summed E-state index contributed by atoms with van der Waals surface area (Å²) in [6.07, 6.45) is 0. The van der Waals surface area contributed by atoms with Crippen LogP contribution < -0.4 is 0 Å². The van der Waals surface area contributed by atoms with Crippen molar-refractivity contribution in [2.75, 3.05) is 6.54 Å². The van der Waals surface area contributed by atoms with Crippen LogP contribution in [0.5, 0.6) is 0 Å². The molecule has 0 fully saturated rings. The zero-order chi connectivity index (χ0) is 17.6. The van der Waals surface area contributed by atoms with Gasteiger partial charge in [0, 0.05) is 11.4 Å². The normalized spacial score (nSPS) is 10.8. The first-order valence-corrected chi connectivity index (χ1v) is 9.51. The van der Waals surface area contributed by atoms with E-state index in [4.69, 9.17) is 11.6 Å². The quantitative estimate of drug-likeness (QED) is 0.555. The van der Waals surface area contributed by atoms with E-state index in [0.29, 0.717) is 13.1 Å². The van der Waals surface area contributed by atoms with Crippen LogP contribution in [0.15, 0.2) is 72.8 Å². The number of likely N-dealkylation sites (N-methyl/N-ethyl adjacent to an activating group) is 1. The molecule has 0 N–H and O–H groups in total. The summed E-state index contributed by atoms with van der Waals surface area (Å²) in [5, 5.41) is 0. The molecule has 128 valence electrons. The van der Waals surface area contributed by atoms with E-state index in [1.54, 1.807) is 0 Å². The highest BCUT2D eigenvalue weighted by molar-refractivity contribution is 7.16. The van der Waals surface area contributed by atoms with Crippen molar-refractivity contribution in [1.82, 2.24) is 4.90 Å². The molecule has 0 aliphatic rings. The number of carbonyl (C=O) groups excluding carboxylic acids is 1. The highest BCUT2D eigenvalue weighted by Crippen LogP contribution is 2.29. The Kier molecular flexibility index (Phi) is 5.90. The number of benzene rings is 2. The fraction of sp³-hybridized carbons (Fsp3) is 0.190. The van der Waals surface area contributed by atoms with Gasteiger partial charge in [-0.3, -0.25) is 4.79 Å². The lowest BCUT2D eigenvalue weighted by Gasteiger charge is -2.26. The van der Waals surface area contributed by atoms with E-state index in [1.165, 1.54) is 11.3 Å². The lowest BCUT2D eigenvalue weighted by Crippen LogP contribution is -2.34. The van der Waals surface area contributed by atoms with Gasteiger partial charge in [-0.25, -0.2) is 0 Å². The van der Waals surface area contributed by atoms with Gasteiger partial charge in [0.2, 0.25) is 5.91 Å². The van der Waals surface area contributed by atoms with Crippen molar-refractivity contribution in [1.29, 1.82) is 0 Å². The first-order chi connectivity index (χ1) is 12.2. The van der Waals surface area contributed by atoms with Crippen molar-refractivity contribution < 1.29 is 4.79 Å². The summed E-state index contributed by atoms with van der Waals surface area (Å²) in [5.41, 5.74) is 2.03. The van der Waals surface area contributed by atoms with Crippen molar-refractivity contribution in [2.24, 2.45) is 0 Å². The summed E-state index contributed by atoms with van der Waals surface area (Å²) in [6.45, 7) is 3.26. The molecule has 3 rings (SSSR count). The largest absolute Gasteiger partial charge is 0.337 e. The van der Waals surface area contributed by atoms with E-state index >= 15 is 0 Å². The molecule has 0 saturated heterocycles. The Hall–Kier alpha value is -2.10. The summed E-state index contributed by atoms with van der Waals surface area (Å²) >= 11 is 7.56. The molecule has 1 amide bonds. The van der Waals surface area contributed by atoms with Crippen LogP contribution in [0.2, 0.25) is 4.34 Å². The van der Waals surface area contributed by atoms with Crippen molar-refractivity contribution >= 4 is 28.8 Å². The highest BCUT2D eigenvalue weighted by atomic mass is 35.5. The van der Waals surface area contributed by atoms with E-state index in [-0.39, 0.29) is 11.8 Å². The average Bonchev–Trinajstić information content (AvgIpc) is 3.06. The highest BCUT2D eigenvalue weighted by Gasteiger charge is 2.27. The van der Waals surface area contributed by atoms with Crippen LogP contribution in [0.3, 0.4) is 0 Å². The second kappa shape index (κ2) is 8.32. The van der Waals surface area contributed by atoms with Crippen LogP contribution in [0.4, 0.5) is 0 Å². The summed E-state index contributed by atoms with van der Waals surface area (Å²) in [7, 11) is 0. The van der Waals surface area contributed by atoms with Crippen LogP contribution in [0, 0.1) is 0 Å². The van der Waals surface area contributed by atoms with Crippen LogP contribution in [0.1, 0.15) is 28.8 Å². The minimum atomic E-state index is -0.294. The number of rotatable bonds is 6. The molecule has 1 aromatic heterocycles. The zero-order valence-electron chi connectivity index (χ0n) is 14.1. The summed E-state index contributed by atoms with van der Waals surface area (Å²) in [6, 6.07) is 23.8. The zero-order valence-corrected chi connectivity index (χ0v) is 15.6. The standard InChI is InChI=1S/C21H20ClNOS/c1-2-23(15-18-13-14-19(22)25-18)21(24)20(16-9-5-3-6-10-16)17-11-7-4-8-12-17/h3-14,20H,2,15H2,1H3. The molecule has 0 aliphatic heterocycles. The number of hydrogen-bond acceptors (Lipinski definition) is 2. The molecule has 2 aromatic carbocycles. The minimum Gasteiger partial charge on any atom is -0.337 e. The van der Waals surface area contributed by atoms with Crippen LogP contribution in [0.25, 0.3) is 0 Å². The maximum Gasteiger partial charge on any atom is 0.234 e. The average molecular weight is 370 g/mol. The van der Waals surface area contributed by atoms with E-state index < -0.39 is 0 Å². The second-order valence-corrected chi connectivity index (χ2v) is 7.61. The third-order valence-corrected chi connectivity index (χ3v) is 5.40. The third-order valence-electron chi connectivity index (χ3n) is 4.18. The van der Waals surface area contributed by atoms with Gasteiger partial charge in [-0.2, -0.15) is 0 Å². The molecule has 3 aromatic rings. The van der Waals surface area contributed by atoms with Gasteiger partial charge in [0.15, 0.2) is 0 Å². The van der Waals surface area contributed by atoms with Crippen LogP contribution in [-0.2, 0) is 11.3 Å². The molecule has 0 spiro atoms. The van der Waals surface area contributed by atoms with Crippen molar-refractivity contribution in [3.8, 4) is 0 Å². The minimum absolute atomic E-state index is 0.115. The fourth-order valence-electron chi connectivity index (χ4n) is 2.92. The molecule has 0 unspecified atom stereocenters. The lowest BCUT2D eigenvalue weighted by molar-refractivity contribution is -0.132. The summed E-state index contributed by atoms with van der Waals surface area (Å²) in [4.78, 5) is 16.4. The van der Waals surface area contributed by atoms with Crippen molar-refractivity contribution in [2.45, 2.75) is 19.4 Å². The Bertz CT molecular complexity index is 777. The Labute approximate surface area is 157 Å². The number of halogens is 1. The molecule has 0 saturated carbocycles. The van der Waals surface area contributed by atoms with E-state index in [0.717, 1.165) is 20.3 Å².